The first kappa shape index (κ1) is 32.7. The Morgan fingerprint density at radius 1 is 1.12 bits per heavy atom. The molecule has 3 rings (SSSR count). The Labute approximate surface area is 246 Å². The summed E-state index contributed by atoms with van der Waals surface area (Å²) in [7, 11) is 0. The van der Waals surface area contributed by atoms with Gasteiger partial charge in [-0.1, -0.05) is 46.8 Å². The molecule has 1 N–H and O–H groups in total. The molecular weight excluding hydrogens is 522 g/mol. The van der Waals surface area contributed by atoms with Gasteiger partial charge in [-0.25, -0.2) is 0 Å². The highest BCUT2D eigenvalue weighted by molar-refractivity contribution is 8.02. The van der Waals surface area contributed by atoms with Crippen LogP contribution in [-0.4, -0.2) is 91.9 Å². The molecule has 3 amide bonds. The second kappa shape index (κ2) is 12.6. The number of aliphatic hydroxyl groups excluding tert-OH is 1. The fraction of sp³-hybridized carbons (Fsp3) is 0.781. The number of hydrogen-bond donors (Lipinski definition) is 1. The van der Waals surface area contributed by atoms with Crippen molar-refractivity contribution < 1.29 is 19.5 Å². The van der Waals surface area contributed by atoms with E-state index in [4.69, 9.17) is 0 Å². The number of aliphatic hydroxyl groups is 1. The molecule has 0 aromatic heterocycles. The first-order valence-corrected chi connectivity index (χ1v) is 16.0. The summed E-state index contributed by atoms with van der Waals surface area (Å²) in [6.45, 7) is 24.7. The molecule has 3 saturated heterocycles. The largest absolute Gasteiger partial charge is 0.396 e. The van der Waals surface area contributed by atoms with Crippen molar-refractivity contribution in [3.63, 3.8) is 0 Å². The first-order chi connectivity index (χ1) is 18.7. The van der Waals surface area contributed by atoms with Gasteiger partial charge < -0.3 is 19.8 Å². The van der Waals surface area contributed by atoms with E-state index in [9.17, 15) is 19.5 Å². The molecule has 3 heterocycles. The SMILES string of the molecule is C=CCN(CCC)C(=O)[C@@H]1[C@H]2C(=O)N(CCCCO)C(C(=O)N(CC=C)C(C)(C)CC(C)(C)C)C23S[C@@H]1CC3C. The summed E-state index contributed by atoms with van der Waals surface area (Å²) < 4.78 is -0.651. The highest BCUT2D eigenvalue weighted by Crippen LogP contribution is 2.69. The van der Waals surface area contributed by atoms with E-state index in [1.807, 2.05) is 16.7 Å². The normalized spacial score (nSPS) is 29.4. The van der Waals surface area contributed by atoms with Crippen molar-refractivity contribution >= 4 is 29.5 Å². The van der Waals surface area contributed by atoms with Crippen LogP contribution in [0.1, 0.15) is 80.6 Å². The summed E-state index contributed by atoms with van der Waals surface area (Å²) in [6.07, 6.45) is 7.14. The first-order valence-electron chi connectivity index (χ1n) is 15.1. The molecule has 0 aromatic rings. The molecule has 40 heavy (non-hydrogen) atoms. The molecule has 6 atom stereocenters. The summed E-state index contributed by atoms with van der Waals surface area (Å²) in [5.41, 5.74) is -0.463. The number of fused-ring (bicyclic) bond motifs is 1. The van der Waals surface area contributed by atoms with Crippen LogP contribution in [0, 0.1) is 23.2 Å². The molecule has 3 unspecified atom stereocenters. The molecule has 3 aliphatic heterocycles. The highest BCUT2D eigenvalue weighted by Gasteiger charge is 2.76. The Kier molecular flexibility index (Phi) is 10.3. The Balaban J connectivity index is 2.11. The van der Waals surface area contributed by atoms with Crippen LogP contribution in [0.3, 0.4) is 0 Å². The predicted octanol–water partition coefficient (Wildman–Crippen LogP) is 4.75. The quantitative estimate of drug-likeness (QED) is 0.239. The van der Waals surface area contributed by atoms with Gasteiger partial charge >= 0.3 is 0 Å². The minimum absolute atomic E-state index is 0.00438. The lowest BCUT2D eigenvalue weighted by Gasteiger charge is -2.47. The van der Waals surface area contributed by atoms with Gasteiger partial charge in [0.25, 0.3) is 0 Å². The lowest BCUT2D eigenvalue weighted by Crippen LogP contribution is -2.61. The Morgan fingerprint density at radius 3 is 2.33 bits per heavy atom. The second-order valence-electron chi connectivity index (χ2n) is 13.9. The van der Waals surface area contributed by atoms with Gasteiger partial charge in [-0.05, 0) is 57.3 Å². The van der Waals surface area contributed by atoms with Gasteiger partial charge in [-0.15, -0.1) is 24.9 Å². The van der Waals surface area contributed by atoms with Gasteiger partial charge in [-0.3, -0.25) is 14.4 Å². The van der Waals surface area contributed by atoms with Gasteiger partial charge in [0.2, 0.25) is 17.7 Å². The van der Waals surface area contributed by atoms with E-state index >= 15 is 0 Å². The Hall–Kier alpha value is -1.80. The fourth-order valence-corrected chi connectivity index (χ4v) is 10.4. The van der Waals surface area contributed by atoms with Crippen LogP contribution in [0.4, 0.5) is 0 Å². The fourth-order valence-electron chi connectivity index (χ4n) is 7.95. The topological polar surface area (TPSA) is 81.2 Å². The number of carbonyl (C=O) groups excluding carboxylic acids is 3. The van der Waals surface area contributed by atoms with E-state index in [-0.39, 0.29) is 40.9 Å². The van der Waals surface area contributed by atoms with Crippen LogP contribution in [0.2, 0.25) is 0 Å². The zero-order chi connectivity index (χ0) is 30.0. The number of thioether (sulfide) groups is 1. The Bertz CT molecular complexity index is 976. The summed E-state index contributed by atoms with van der Waals surface area (Å²) in [5.74, 6) is -0.938. The Morgan fingerprint density at radius 2 is 1.77 bits per heavy atom. The summed E-state index contributed by atoms with van der Waals surface area (Å²) in [6, 6.07) is -0.648. The zero-order valence-electron chi connectivity index (χ0n) is 25.9. The molecule has 1 spiro atoms. The molecule has 226 valence electrons. The molecule has 3 aliphatic rings. The predicted molar refractivity (Wildman–Crippen MR) is 164 cm³/mol. The van der Waals surface area contributed by atoms with Crippen molar-refractivity contribution in [3.8, 4) is 0 Å². The van der Waals surface area contributed by atoms with Crippen molar-refractivity contribution in [2.75, 3.05) is 32.8 Å². The smallest absolute Gasteiger partial charge is 0.247 e. The number of rotatable bonds is 14. The molecule has 7 nitrogen and oxygen atoms in total. The van der Waals surface area contributed by atoms with E-state index in [1.165, 1.54) is 0 Å². The van der Waals surface area contributed by atoms with E-state index in [0.717, 1.165) is 19.3 Å². The number of likely N-dealkylation sites (tertiary alicyclic amines) is 1. The van der Waals surface area contributed by atoms with Crippen LogP contribution in [0.25, 0.3) is 0 Å². The van der Waals surface area contributed by atoms with Gasteiger partial charge in [0.15, 0.2) is 0 Å². The van der Waals surface area contributed by atoms with Crippen molar-refractivity contribution in [1.82, 2.24) is 14.7 Å². The molecule has 2 bridgehead atoms. The van der Waals surface area contributed by atoms with E-state index in [2.05, 4.69) is 54.7 Å². The third kappa shape index (κ3) is 5.90. The zero-order valence-corrected chi connectivity index (χ0v) is 26.8. The molecule has 0 radical (unpaired) electrons. The number of carbonyl (C=O) groups is 3. The third-order valence-corrected chi connectivity index (χ3v) is 11.1. The number of amides is 3. The van der Waals surface area contributed by atoms with E-state index < -0.39 is 28.2 Å². The van der Waals surface area contributed by atoms with Crippen molar-refractivity contribution in [3.05, 3.63) is 25.3 Å². The number of hydrogen-bond acceptors (Lipinski definition) is 5. The van der Waals surface area contributed by atoms with Crippen LogP contribution in [-0.2, 0) is 14.4 Å². The minimum atomic E-state index is -0.651. The number of unbranched alkanes of at least 4 members (excludes halogenated alkanes) is 1. The average molecular weight is 576 g/mol. The van der Waals surface area contributed by atoms with Crippen molar-refractivity contribution in [1.29, 1.82) is 0 Å². The van der Waals surface area contributed by atoms with Gasteiger partial charge in [0, 0.05) is 43.6 Å². The van der Waals surface area contributed by atoms with E-state index in [0.29, 0.717) is 39.0 Å². The van der Waals surface area contributed by atoms with Crippen molar-refractivity contribution in [2.45, 2.75) is 102 Å². The lowest BCUT2D eigenvalue weighted by atomic mass is 9.65. The maximum atomic E-state index is 14.9. The maximum Gasteiger partial charge on any atom is 0.247 e. The molecule has 0 aromatic carbocycles. The van der Waals surface area contributed by atoms with Gasteiger partial charge in [0.05, 0.1) is 16.6 Å². The van der Waals surface area contributed by atoms with Gasteiger partial charge in [0.1, 0.15) is 6.04 Å². The standard InChI is InChI=1S/C32H53N3O4S/c1-10-15-33(16-11-2)27(37)24-23-20-22(4)32(40-23)25(24)28(38)34(18-13-14-19-36)26(32)29(39)35(17-12-3)31(8,9)21-30(5,6)7/h10,12,22-26,36H,1,3,11,13-21H2,2,4-9H3/t22?,23-,24+,25+,26?,32?/m1/s1. The molecular formula is C32H53N3O4S. The van der Waals surface area contributed by atoms with Crippen LogP contribution >= 0.6 is 11.8 Å². The lowest BCUT2D eigenvalue weighted by molar-refractivity contribution is -0.147. The molecule has 0 aliphatic carbocycles. The molecule has 8 heteroatoms. The average Bonchev–Trinajstić information content (AvgIpc) is 3.44. The summed E-state index contributed by atoms with van der Waals surface area (Å²) in [5, 5.41) is 9.51. The molecule has 0 saturated carbocycles. The summed E-state index contributed by atoms with van der Waals surface area (Å²) in [4.78, 5) is 48.9. The monoisotopic (exact) mass is 575 g/mol. The van der Waals surface area contributed by atoms with Gasteiger partial charge in [-0.2, -0.15) is 0 Å². The van der Waals surface area contributed by atoms with Crippen LogP contribution < -0.4 is 0 Å². The number of nitrogens with zero attached hydrogens (tertiary/aromatic N) is 3. The molecule has 3 fully saturated rings. The van der Waals surface area contributed by atoms with E-state index in [1.54, 1.807) is 28.8 Å². The highest BCUT2D eigenvalue weighted by atomic mass is 32.2. The minimum Gasteiger partial charge on any atom is -0.396 e. The van der Waals surface area contributed by atoms with Crippen LogP contribution in [0.15, 0.2) is 25.3 Å². The van der Waals surface area contributed by atoms with Crippen LogP contribution in [0.5, 0.6) is 0 Å². The maximum absolute atomic E-state index is 14.9. The second-order valence-corrected chi connectivity index (χ2v) is 15.4. The third-order valence-electron chi connectivity index (χ3n) is 9.00. The summed E-state index contributed by atoms with van der Waals surface area (Å²) >= 11 is 1.73. The van der Waals surface area contributed by atoms with Crippen molar-refractivity contribution in [2.24, 2.45) is 23.2 Å².